The van der Waals surface area contributed by atoms with Gasteiger partial charge in [-0.3, -0.25) is 52.7 Å². The number of likely N-dealkylation sites (N-methyl/N-ethyl adjacent to an activating group) is 4. The molecule has 2 fully saturated rings. The average Bonchev–Trinajstić information content (AvgIpc) is 1.58. The zero-order chi connectivity index (χ0) is 73.1. The molecule has 30 nitrogen and oxygen atoms in total. The molecule has 0 bridgehead atoms. The Bertz CT molecular complexity index is 2910. The number of hydrazine groups is 2. The number of hydrogen-bond donors (Lipinski definition) is 8. The number of aliphatic carboxylic acids is 1. The first-order valence-electron chi connectivity index (χ1n) is 32.3. The van der Waals surface area contributed by atoms with Crippen LogP contribution in [0, 0.1) is 35.5 Å². The van der Waals surface area contributed by atoms with Gasteiger partial charge in [-0.25, -0.2) is 29.6 Å². The minimum atomic E-state index is -1.76. The number of ether oxygens (including phenoxy) is 3. The first-order chi connectivity index (χ1) is 44.8. The van der Waals surface area contributed by atoms with Crippen molar-refractivity contribution in [3.05, 3.63) is 29.8 Å². The molecule has 0 aliphatic carbocycles. The van der Waals surface area contributed by atoms with E-state index in [9.17, 15) is 67.4 Å². The summed E-state index contributed by atoms with van der Waals surface area (Å²) in [5, 5.41) is 22.5. The highest BCUT2D eigenvalue weighted by atomic mass is 32.2. The van der Waals surface area contributed by atoms with E-state index in [-0.39, 0.29) is 31.3 Å². The van der Waals surface area contributed by atoms with Crippen molar-refractivity contribution in [3.63, 3.8) is 0 Å². The predicted octanol–water partition coefficient (Wildman–Crippen LogP) is 1.71. The number of nitrogens with zero attached hydrogens (tertiary/aromatic N) is 6. The largest absolute Gasteiger partial charge is 0.480 e. The highest BCUT2D eigenvalue weighted by molar-refractivity contribution is 8.01. The minimum Gasteiger partial charge on any atom is -0.480 e. The number of carboxylic acid groups (broad SMARTS) is 1. The first-order valence-corrected chi connectivity index (χ1v) is 34.4. The Morgan fingerprint density at radius 1 is 0.573 bits per heavy atom. The van der Waals surface area contributed by atoms with Crippen LogP contribution in [-0.2, 0) is 78.4 Å². The molecular weight excluding hydrogens is 1290 g/mol. The molecule has 2 aliphatic heterocycles. The van der Waals surface area contributed by atoms with Gasteiger partial charge < -0.3 is 67.6 Å². The normalized spacial score (nSPS) is 18.9. The summed E-state index contributed by atoms with van der Waals surface area (Å²) in [6.45, 7) is 21.0. The molecule has 32 heteroatoms. The molecule has 12 amide bonds. The van der Waals surface area contributed by atoms with Crippen LogP contribution in [-0.4, -0.2) is 237 Å². The maximum Gasteiger partial charge on any atom is 0.408 e. The second kappa shape index (κ2) is 38.1. The number of imide groups is 2. The number of hydrogen-bond acceptors (Lipinski definition) is 21. The van der Waals surface area contributed by atoms with Crippen molar-refractivity contribution in [2.24, 2.45) is 47.0 Å². The molecule has 3 rings (SSSR count). The zero-order valence-electron chi connectivity index (χ0n) is 58.8. The standard InChI is InChI=1S/C64H105N13O17S2/c1-19-36(11)54(42(92-17)25-46(66)78)72(13)61(87)50(32(3)4)70-57(83)52(34(7)8)74(15)76-48(80)27-44(59(76)85)95-30-40(69-64(91)94-29-38-21-23-39(65)24-22-38)56(82)68-41(63(89)90)31-96-45-28-49(81)77(60(45)86)75(16)53(35(9)10)58(84)71-51(33(5)6)62(88)73(14)55(37(12)20-2)43(93-18)26-47(67)79/h21-24,32-37,40-45,50-55H,19-20,25-31,65H2,1-18H3,(H2,66,78)(H2,67,79)(H,68,82)(H,69,91)(H,70,83)(H,71,84)(H,89,90)/t36-,37-,40?,41?,42+,43+,44?,45?,50-,51-,52-,53-,54-,55-/m0/s1. The van der Waals surface area contributed by atoms with Crippen LogP contribution in [0.25, 0.3) is 0 Å². The monoisotopic (exact) mass is 1390 g/mol. The van der Waals surface area contributed by atoms with E-state index < -0.39 is 196 Å². The Morgan fingerprint density at radius 3 is 1.27 bits per heavy atom. The van der Waals surface area contributed by atoms with Gasteiger partial charge in [0, 0.05) is 72.4 Å². The number of primary amides is 2. The van der Waals surface area contributed by atoms with Gasteiger partial charge in [0.2, 0.25) is 53.2 Å². The Kier molecular flexibility index (Phi) is 33.0. The third-order valence-electron chi connectivity index (χ3n) is 17.6. The van der Waals surface area contributed by atoms with E-state index in [0.717, 1.165) is 33.5 Å². The number of nitrogens with two attached hydrogens (primary N) is 3. The van der Waals surface area contributed by atoms with Crippen molar-refractivity contribution >= 4 is 106 Å². The lowest BCUT2D eigenvalue weighted by Gasteiger charge is -2.40. The molecule has 2 aliphatic rings. The van der Waals surface area contributed by atoms with Crippen molar-refractivity contribution < 1.29 is 81.6 Å². The molecule has 0 spiro atoms. The number of amides is 12. The van der Waals surface area contributed by atoms with Crippen LogP contribution in [0.15, 0.2) is 24.3 Å². The summed E-state index contributed by atoms with van der Waals surface area (Å²) in [6, 6.07) is -2.94. The molecule has 0 saturated carbocycles. The number of benzene rings is 1. The van der Waals surface area contributed by atoms with Gasteiger partial charge in [0.15, 0.2) is 0 Å². The molecule has 96 heavy (non-hydrogen) atoms. The Balaban J connectivity index is 1.87. The van der Waals surface area contributed by atoms with E-state index in [2.05, 4.69) is 21.3 Å². The van der Waals surface area contributed by atoms with Crippen LogP contribution in [0.1, 0.15) is 127 Å². The van der Waals surface area contributed by atoms with Gasteiger partial charge in [-0.2, -0.15) is 0 Å². The average molecular weight is 1390 g/mol. The molecule has 2 heterocycles. The van der Waals surface area contributed by atoms with E-state index >= 15 is 0 Å². The molecule has 540 valence electrons. The third-order valence-corrected chi connectivity index (χ3v) is 20.2. The van der Waals surface area contributed by atoms with Gasteiger partial charge >= 0.3 is 12.1 Å². The van der Waals surface area contributed by atoms with Crippen molar-refractivity contribution in [1.82, 2.24) is 51.1 Å². The number of anilines is 1. The fourth-order valence-electron chi connectivity index (χ4n) is 12.0. The van der Waals surface area contributed by atoms with Gasteiger partial charge in [-0.05, 0) is 53.2 Å². The first kappa shape index (κ1) is 83.1. The lowest BCUT2D eigenvalue weighted by molar-refractivity contribution is -0.165. The van der Waals surface area contributed by atoms with Gasteiger partial charge in [-0.15, -0.1) is 23.5 Å². The second-order valence-electron chi connectivity index (χ2n) is 26.1. The van der Waals surface area contributed by atoms with Crippen LogP contribution in [0.3, 0.4) is 0 Å². The van der Waals surface area contributed by atoms with Crippen LogP contribution in [0.4, 0.5) is 10.5 Å². The zero-order valence-corrected chi connectivity index (χ0v) is 60.4. The lowest BCUT2D eigenvalue weighted by Crippen LogP contribution is -2.62. The molecule has 4 unspecified atom stereocenters. The lowest BCUT2D eigenvalue weighted by atomic mass is 9.90. The quantitative estimate of drug-likeness (QED) is 0.0342. The summed E-state index contributed by atoms with van der Waals surface area (Å²) in [4.78, 5) is 181. The van der Waals surface area contributed by atoms with E-state index in [1.54, 1.807) is 93.8 Å². The Labute approximate surface area is 572 Å². The van der Waals surface area contributed by atoms with Crippen molar-refractivity contribution in [3.8, 4) is 0 Å². The number of carboxylic acids is 1. The van der Waals surface area contributed by atoms with E-state index in [1.165, 1.54) is 48.1 Å². The summed E-state index contributed by atoms with van der Waals surface area (Å²) >= 11 is 1.52. The number of carbonyl (C=O) groups excluding carboxylic acids is 12. The minimum absolute atomic E-state index is 0.160. The number of thioether (sulfide) groups is 2. The maximum absolute atomic E-state index is 14.4. The molecule has 1 aromatic rings. The molecule has 0 aromatic heterocycles. The van der Waals surface area contributed by atoms with Crippen molar-refractivity contribution in [1.29, 1.82) is 0 Å². The summed E-state index contributed by atoms with van der Waals surface area (Å²) in [5.41, 5.74) is 17.9. The van der Waals surface area contributed by atoms with Gasteiger partial charge in [0.05, 0.1) is 47.6 Å². The Hall–Kier alpha value is -7.13. The van der Waals surface area contributed by atoms with Gasteiger partial charge in [-0.1, -0.05) is 108 Å². The topological polar surface area (TPSA) is 415 Å². The number of alkyl carbamates (subject to hydrolysis) is 1. The summed E-state index contributed by atoms with van der Waals surface area (Å²) in [5.74, 6) is -12.6. The number of nitrogens with one attached hydrogen (secondary N) is 4. The maximum atomic E-state index is 14.4. The van der Waals surface area contributed by atoms with E-state index in [4.69, 9.17) is 31.4 Å². The Morgan fingerprint density at radius 2 is 0.948 bits per heavy atom. The summed E-state index contributed by atoms with van der Waals surface area (Å²) < 4.78 is 16.7. The fourth-order valence-corrected chi connectivity index (χ4v) is 14.3. The van der Waals surface area contributed by atoms with Gasteiger partial charge in [0.25, 0.3) is 11.8 Å². The van der Waals surface area contributed by atoms with Crippen LogP contribution in [0.2, 0.25) is 0 Å². The fraction of sp³-hybridized carbons (Fsp3) is 0.703. The molecule has 1 aromatic carbocycles. The highest BCUT2D eigenvalue weighted by Gasteiger charge is 2.49. The van der Waals surface area contributed by atoms with Crippen molar-refractivity contribution in [2.75, 3.05) is 59.6 Å². The summed E-state index contributed by atoms with van der Waals surface area (Å²) in [7, 11) is 8.68. The number of nitrogen functional groups attached to an aromatic ring is 1. The number of carbonyl (C=O) groups is 13. The highest BCUT2D eigenvalue weighted by Crippen LogP contribution is 2.32. The molecule has 2 saturated heterocycles. The van der Waals surface area contributed by atoms with Crippen LogP contribution in [0.5, 0.6) is 0 Å². The van der Waals surface area contributed by atoms with Crippen LogP contribution < -0.4 is 38.5 Å². The van der Waals surface area contributed by atoms with E-state index in [0.29, 0.717) is 24.1 Å². The molecule has 0 radical (unpaired) electrons. The second-order valence-corrected chi connectivity index (χ2v) is 28.6. The predicted molar refractivity (Wildman–Crippen MR) is 361 cm³/mol. The number of rotatable bonds is 40. The van der Waals surface area contributed by atoms with Gasteiger partial charge in [0.1, 0.15) is 42.9 Å². The van der Waals surface area contributed by atoms with Crippen LogP contribution >= 0.6 is 23.5 Å². The SMILES string of the molecule is CC[C@H](C)[C@@H]([C@@H](CC(N)=O)OC)N(C)C(=O)[C@@H](NC(=O)[C@H](C(C)C)N(C)N1C(=O)CC(SCC(NC(=O)C(CSC2CC(=O)N(N(C)[C@H](C(=O)N[C@H](C(=O)N(C)[C@@H]([C@@H](C)CC)[C@@H](CC(N)=O)OC)C(C)C)C(C)C)C2=O)NC(=O)OCc2ccc(N)cc2)C(=O)O)C1=O)C(C)C. The molecular formula is C64H105N13O17S2. The number of methoxy groups -OCH3 is 2. The third kappa shape index (κ3) is 22.2. The molecule has 14 atom stereocenters. The summed E-state index contributed by atoms with van der Waals surface area (Å²) in [6.07, 6.45) is -2.61. The van der Waals surface area contributed by atoms with E-state index in [1.807, 2.05) is 27.7 Å². The smallest absolute Gasteiger partial charge is 0.408 e. The molecule has 11 N–H and O–H groups in total. The van der Waals surface area contributed by atoms with Crippen molar-refractivity contribution in [2.45, 2.75) is 199 Å².